The molecule has 0 amide bonds. The van der Waals surface area contributed by atoms with E-state index in [1.807, 2.05) is 0 Å². The van der Waals surface area contributed by atoms with Crippen molar-refractivity contribution in [2.24, 2.45) is 0 Å². The lowest BCUT2D eigenvalue weighted by Crippen LogP contribution is -1.97. The monoisotopic (exact) mass is 305 g/mol. The smallest absolute Gasteiger partial charge is 0.258 e. The maximum Gasteiger partial charge on any atom is 0.305 e. The molecule has 1 aromatic heterocycles. The van der Waals surface area contributed by atoms with Gasteiger partial charge in [0.2, 0.25) is 5.82 Å². The molecule has 0 saturated heterocycles. The number of alkyl halides is 1. The molecule has 9 heteroatoms. The molecule has 1 heterocycles. The van der Waals surface area contributed by atoms with Crippen LogP contribution in [-0.2, 0) is 0 Å². The number of benzene rings is 1. The number of hydrogen-bond donors (Lipinski definition) is 0. The summed E-state index contributed by atoms with van der Waals surface area (Å²) >= 11 is 6.66. The van der Waals surface area contributed by atoms with Gasteiger partial charge in [-0.15, -0.1) is 21.8 Å². The van der Waals surface area contributed by atoms with Gasteiger partial charge in [0.15, 0.2) is 5.01 Å². The number of nitrogens with zero attached hydrogens (tertiary/aromatic N) is 3. The topological polar surface area (TPSA) is 68.9 Å². The summed E-state index contributed by atoms with van der Waals surface area (Å²) in [6, 6.07) is 1.59. The Bertz CT molecular complexity index is 648. The fraction of sp³-hybridized carbons (Fsp3) is 0.200. The fourth-order valence-electron chi connectivity index (χ4n) is 1.37. The third-order valence-corrected chi connectivity index (χ3v) is 3.72. The third kappa shape index (κ3) is 2.54. The predicted molar refractivity (Wildman–Crippen MR) is 66.2 cm³/mol. The molecule has 0 aliphatic heterocycles. The van der Waals surface area contributed by atoms with Crippen molar-refractivity contribution in [1.82, 2.24) is 10.2 Å². The lowest BCUT2D eigenvalue weighted by Gasteiger charge is -2.01. The highest BCUT2D eigenvalue weighted by Crippen LogP contribution is 2.35. The first kappa shape index (κ1) is 13.8. The molecule has 1 unspecified atom stereocenters. The van der Waals surface area contributed by atoms with Gasteiger partial charge in [-0.25, -0.2) is 4.39 Å². The zero-order chi connectivity index (χ0) is 14.2. The van der Waals surface area contributed by atoms with Crippen molar-refractivity contribution >= 4 is 28.6 Å². The third-order valence-electron chi connectivity index (χ3n) is 2.26. The lowest BCUT2D eigenvalue weighted by atomic mass is 10.2. The molecule has 19 heavy (non-hydrogen) atoms. The summed E-state index contributed by atoms with van der Waals surface area (Å²) in [5.41, 5.74) is -1.37. The summed E-state index contributed by atoms with van der Waals surface area (Å²) in [5, 5.41) is 17.7. The van der Waals surface area contributed by atoms with E-state index in [0.717, 1.165) is 23.5 Å². The number of aromatic nitrogens is 2. The molecular formula is C10H6ClF2N3O2S. The number of hydrogen-bond acceptors (Lipinski definition) is 5. The Balaban J connectivity index is 2.60. The van der Waals surface area contributed by atoms with Crippen LogP contribution in [0.4, 0.5) is 14.5 Å². The first-order valence-electron chi connectivity index (χ1n) is 5.02. The summed E-state index contributed by atoms with van der Waals surface area (Å²) in [4.78, 5) is 9.69. The standard InChI is InChI=1S/C10H6ClF2N3O2S/c1-4(11)9-14-15-10(19-9)7-5(12)2-3-6(8(7)13)16(17)18/h2-4H,1H3. The highest BCUT2D eigenvalue weighted by atomic mass is 35.5. The maximum absolute atomic E-state index is 13.9. The number of rotatable bonds is 3. The Hall–Kier alpha value is -1.67. The zero-order valence-corrected chi connectivity index (χ0v) is 11.0. The molecule has 100 valence electrons. The van der Waals surface area contributed by atoms with Crippen molar-refractivity contribution in [3.8, 4) is 10.6 Å². The first-order valence-corrected chi connectivity index (χ1v) is 6.27. The minimum Gasteiger partial charge on any atom is -0.258 e. The molecule has 0 fully saturated rings. The minimum atomic E-state index is -1.27. The van der Waals surface area contributed by atoms with E-state index in [1.54, 1.807) is 6.92 Å². The second-order valence-corrected chi connectivity index (χ2v) is 5.24. The summed E-state index contributed by atoms with van der Waals surface area (Å²) in [5.74, 6) is -2.21. The Morgan fingerprint density at radius 1 is 1.42 bits per heavy atom. The lowest BCUT2D eigenvalue weighted by molar-refractivity contribution is -0.387. The normalized spacial score (nSPS) is 12.4. The largest absolute Gasteiger partial charge is 0.305 e. The number of nitro benzene ring substituents is 1. The van der Waals surface area contributed by atoms with Crippen molar-refractivity contribution in [3.63, 3.8) is 0 Å². The van der Waals surface area contributed by atoms with Gasteiger partial charge in [-0.1, -0.05) is 11.3 Å². The molecule has 0 radical (unpaired) electrons. The summed E-state index contributed by atoms with van der Waals surface area (Å²) in [7, 11) is 0. The summed E-state index contributed by atoms with van der Waals surface area (Å²) in [6.45, 7) is 1.63. The van der Waals surface area contributed by atoms with E-state index in [9.17, 15) is 18.9 Å². The Morgan fingerprint density at radius 2 is 2.11 bits per heavy atom. The van der Waals surface area contributed by atoms with Gasteiger partial charge >= 0.3 is 5.69 Å². The molecule has 2 aromatic rings. The van der Waals surface area contributed by atoms with Crippen molar-refractivity contribution in [2.75, 3.05) is 0 Å². The molecule has 1 atom stereocenters. The van der Waals surface area contributed by atoms with Crippen molar-refractivity contribution in [2.45, 2.75) is 12.3 Å². The molecule has 0 N–H and O–H groups in total. The van der Waals surface area contributed by atoms with E-state index in [4.69, 9.17) is 11.6 Å². The zero-order valence-electron chi connectivity index (χ0n) is 9.43. The molecule has 0 aliphatic rings. The Kier molecular flexibility index (Phi) is 3.72. The average molecular weight is 306 g/mol. The number of nitro groups is 1. The second-order valence-electron chi connectivity index (χ2n) is 3.57. The van der Waals surface area contributed by atoms with Gasteiger partial charge in [0.05, 0.1) is 15.9 Å². The molecule has 0 aliphatic carbocycles. The van der Waals surface area contributed by atoms with E-state index >= 15 is 0 Å². The van der Waals surface area contributed by atoms with Crippen LogP contribution >= 0.6 is 22.9 Å². The van der Waals surface area contributed by atoms with Gasteiger partial charge in [0.25, 0.3) is 0 Å². The molecule has 2 rings (SSSR count). The van der Waals surface area contributed by atoms with Crippen LogP contribution < -0.4 is 0 Å². The Morgan fingerprint density at radius 3 is 2.63 bits per heavy atom. The molecule has 0 spiro atoms. The van der Waals surface area contributed by atoms with Crippen molar-refractivity contribution in [3.05, 3.63) is 38.9 Å². The minimum absolute atomic E-state index is 0.0822. The molecular weight excluding hydrogens is 300 g/mol. The quantitative estimate of drug-likeness (QED) is 0.492. The number of halogens is 3. The van der Waals surface area contributed by atoms with Crippen LogP contribution in [0.15, 0.2) is 12.1 Å². The van der Waals surface area contributed by atoms with Crippen LogP contribution in [0.25, 0.3) is 10.6 Å². The van der Waals surface area contributed by atoms with Gasteiger partial charge in [-0.3, -0.25) is 10.1 Å². The second kappa shape index (κ2) is 5.14. The first-order chi connectivity index (χ1) is 8.91. The van der Waals surface area contributed by atoms with Gasteiger partial charge in [-0.2, -0.15) is 4.39 Å². The van der Waals surface area contributed by atoms with Crippen LogP contribution in [-0.4, -0.2) is 15.1 Å². The fourth-order valence-corrected chi connectivity index (χ4v) is 2.37. The van der Waals surface area contributed by atoms with Gasteiger partial charge < -0.3 is 0 Å². The molecule has 5 nitrogen and oxygen atoms in total. The maximum atomic E-state index is 13.9. The Labute approximate surface area is 115 Å². The van der Waals surface area contributed by atoms with Gasteiger partial charge in [0, 0.05) is 6.07 Å². The van der Waals surface area contributed by atoms with E-state index in [1.165, 1.54) is 0 Å². The van der Waals surface area contributed by atoms with E-state index in [0.29, 0.717) is 5.01 Å². The summed E-state index contributed by atoms with van der Waals surface area (Å²) in [6.07, 6.45) is 0. The van der Waals surface area contributed by atoms with Crippen molar-refractivity contribution < 1.29 is 13.7 Å². The van der Waals surface area contributed by atoms with Crippen LogP contribution in [0.3, 0.4) is 0 Å². The predicted octanol–water partition coefficient (Wildman–Crippen LogP) is 3.69. The average Bonchev–Trinajstić information content (AvgIpc) is 2.78. The van der Waals surface area contributed by atoms with E-state index < -0.39 is 33.2 Å². The van der Waals surface area contributed by atoms with E-state index in [-0.39, 0.29) is 5.01 Å². The molecule has 1 aromatic carbocycles. The van der Waals surface area contributed by atoms with Gasteiger partial charge in [0.1, 0.15) is 10.8 Å². The van der Waals surface area contributed by atoms with Crippen LogP contribution in [0.1, 0.15) is 17.3 Å². The molecule has 0 saturated carbocycles. The van der Waals surface area contributed by atoms with Crippen LogP contribution in [0.2, 0.25) is 0 Å². The SMILES string of the molecule is CC(Cl)c1nnc(-c2c(F)ccc([N+](=O)[O-])c2F)s1. The van der Waals surface area contributed by atoms with Gasteiger partial charge in [-0.05, 0) is 13.0 Å². The highest BCUT2D eigenvalue weighted by molar-refractivity contribution is 7.15. The molecule has 0 bridgehead atoms. The van der Waals surface area contributed by atoms with Crippen LogP contribution in [0, 0.1) is 21.7 Å². The summed E-state index contributed by atoms with van der Waals surface area (Å²) < 4.78 is 27.5. The van der Waals surface area contributed by atoms with Crippen molar-refractivity contribution in [1.29, 1.82) is 0 Å². The van der Waals surface area contributed by atoms with E-state index in [2.05, 4.69) is 10.2 Å². The highest BCUT2D eigenvalue weighted by Gasteiger charge is 2.25. The van der Waals surface area contributed by atoms with Crippen LogP contribution in [0.5, 0.6) is 0 Å².